The summed E-state index contributed by atoms with van der Waals surface area (Å²) in [5, 5.41) is 6.03. The first kappa shape index (κ1) is 20.7. The Morgan fingerprint density at radius 2 is 1.52 bits per heavy atom. The summed E-state index contributed by atoms with van der Waals surface area (Å²) in [5.41, 5.74) is 1.70. The van der Waals surface area contributed by atoms with Gasteiger partial charge >= 0.3 is 0 Å². The van der Waals surface area contributed by atoms with Crippen LogP contribution in [-0.2, 0) is 4.79 Å². The number of allylic oxidation sites excluding steroid dienone is 1. The van der Waals surface area contributed by atoms with Crippen LogP contribution in [0.2, 0.25) is 0 Å². The zero-order valence-corrected chi connectivity index (χ0v) is 17.4. The van der Waals surface area contributed by atoms with Gasteiger partial charge in [-0.25, -0.2) is 8.78 Å². The lowest BCUT2D eigenvalue weighted by atomic mass is 9.93. The predicted octanol–water partition coefficient (Wildman–Crippen LogP) is 5.31. The Bertz CT molecular complexity index is 1150. The number of thiocarbonyl (C=S) groups is 1. The number of rotatable bonds is 4. The van der Waals surface area contributed by atoms with E-state index in [1.807, 2.05) is 36.4 Å². The van der Waals surface area contributed by atoms with Gasteiger partial charge < -0.3 is 10.6 Å². The van der Waals surface area contributed by atoms with Gasteiger partial charge in [-0.2, -0.15) is 0 Å². The van der Waals surface area contributed by atoms with E-state index in [9.17, 15) is 13.6 Å². The average molecular weight is 435 g/mol. The summed E-state index contributed by atoms with van der Waals surface area (Å²) >= 11 is 5.52. The molecule has 156 valence electrons. The van der Waals surface area contributed by atoms with Crippen molar-refractivity contribution in [2.75, 3.05) is 10.2 Å². The molecule has 4 rings (SSSR count). The molecule has 1 atom stereocenters. The molecule has 0 aromatic heterocycles. The Hall–Kier alpha value is -3.58. The highest BCUT2D eigenvalue weighted by atomic mass is 32.1. The molecule has 1 aliphatic rings. The van der Waals surface area contributed by atoms with Gasteiger partial charge in [-0.15, -0.1) is 0 Å². The summed E-state index contributed by atoms with van der Waals surface area (Å²) in [5.74, 6) is -2.00. The van der Waals surface area contributed by atoms with Crippen LogP contribution in [-0.4, -0.2) is 11.0 Å². The van der Waals surface area contributed by atoms with E-state index in [2.05, 4.69) is 10.6 Å². The topological polar surface area (TPSA) is 44.4 Å². The number of amides is 1. The second-order valence-electron chi connectivity index (χ2n) is 7.01. The lowest BCUT2D eigenvalue weighted by molar-refractivity contribution is -0.113. The van der Waals surface area contributed by atoms with Crippen molar-refractivity contribution >= 4 is 34.6 Å². The van der Waals surface area contributed by atoms with Crippen molar-refractivity contribution in [1.82, 2.24) is 5.32 Å². The zero-order chi connectivity index (χ0) is 22.0. The lowest BCUT2D eigenvalue weighted by Crippen LogP contribution is -2.49. The number of carbonyl (C=O) groups is 1. The highest BCUT2D eigenvalue weighted by Gasteiger charge is 2.37. The third-order valence-corrected chi connectivity index (χ3v) is 5.36. The molecule has 1 aliphatic heterocycles. The van der Waals surface area contributed by atoms with Gasteiger partial charge in [0, 0.05) is 17.1 Å². The highest BCUT2D eigenvalue weighted by Crippen LogP contribution is 2.36. The van der Waals surface area contributed by atoms with Crippen molar-refractivity contribution in [3.05, 3.63) is 107 Å². The fourth-order valence-corrected chi connectivity index (χ4v) is 4.01. The maximum absolute atomic E-state index is 14.7. The van der Waals surface area contributed by atoms with E-state index in [-0.39, 0.29) is 16.2 Å². The van der Waals surface area contributed by atoms with E-state index >= 15 is 0 Å². The van der Waals surface area contributed by atoms with Crippen molar-refractivity contribution in [3.63, 3.8) is 0 Å². The number of carbonyl (C=O) groups excluding carboxylic acids is 1. The Balaban J connectivity index is 1.86. The smallest absolute Gasteiger partial charge is 0.255 e. The predicted molar refractivity (Wildman–Crippen MR) is 122 cm³/mol. The molecule has 3 aromatic rings. The summed E-state index contributed by atoms with van der Waals surface area (Å²) in [6, 6.07) is 20.6. The molecule has 0 aliphatic carbocycles. The SMILES string of the molecule is CC1=C(C(=O)Nc2ccccc2)C(c2c(F)cccc2F)NC(=S)N1c1ccccc1. The first-order valence-electron chi connectivity index (χ1n) is 9.64. The Morgan fingerprint density at radius 3 is 2.13 bits per heavy atom. The van der Waals surface area contributed by atoms with Gasteiger partial charge in [0.1, 0.15) is 11.6 Å². The van der Waals surface area contributed by atoms with Gasteiger partial charge in [-0.3, -0.25) is 9.69 Å². The number of halogens is 2. The van der Waals surface area contributed by atoms with Gasteiger partial charge in [0.2, 0.25) is 0 Å². The maximum atomic E-state index is 14.7. The van der Waals surface area contributed by atoms with Crippen LogP contribution in [0, 0.1) is 11.6 Å². The number of nitrogens with one attached hydrogen (secondary N) is 2. The molecule has 0 spiro atoms. The molecule has 1 unspecified atom stereocenters. The minimum atomic E-state index is -1.09. The Kier molecular flexibility index (Phi) is 5.77. The summed E-state index contributed by atoms with van der Waals surface area (Å²) < 4.78 is 29.4. The third-order valence-electron chi connectivity index (χ3n) is 5.06. The standard InChI is InChI=1S/C24H19F2N3OS/c1-15-20(23(30)27-16-9-4-2-5-10-16)22(21-18(25)13-8-14-19(21)26)28-24(31)29(15)17-11-6-3-7-12-17/h2-14,22H,1H3,(H,27,30)(H,28,31). The molecule has 0 radical (unpaired) electrons. The molecule has 1 amide bonds. The van der Waals surface area contributed by atoms with Crippen LogP contribution in [0.1, 0.15) is 18.5 Å². The van der Waals surface area contributed by atoms with Crippen molar-refractivity contribution in [2.24, 2.45) is 0 Å². The average Bonchev–Trinajstić information content (AvgIpc) is 2.75. The Labute approximate surface area is 184 Å². The molecule has 1 heterocycles. The molecule has 7 heteroatoms. The van der Waals surface area contributed by atoms with Crippen molar-refractivity contribution in [3.8, 4) is 0 Å². The summed E-state index contributed by atoms with van der Waals surface area (Å²) in [6.07, 6.45) is 0. The molecule has 31 heavy (non-hydrogen) atoms. The molecule has 0 saturated heterocycles. The quantitative estimate of drug-likeness (QED) is 0.545. The van der Waals surface area contributed by atoms with Gasteiger partial charge in [0.05, 0.1) is 17.2 Å². The number of benzene rings is 3. The van der Waals surface area contributed by atoms with Gasteiger partial charge in [-0.1, -0.05) is 42.5 Å². The van der Waals surface area contributed by atoms with E-state index in [0.717, 1.165) is 17.8 Å². The van der Waals surface area contributed by atoms with Crippen molar-refractivity contribution in [1.29, 1.82) is 0 Å². The van der Waals surface area contributed by atoms with Gasteiger partial charge in [-0.05, 0) is 55.5 Å². The van der Waals surface area contributed by atoms with Crippen LogP contribution < -0.4 is 15.5 Å². The number of hydrogen-bond donors (Lipinski definition) is 2. The molecule has 3 aromatic carbocycles. The van der Waals surface area contributed by atoms with Crippen LogP contribution in [0.4, 0.5) is 20.2 Å². The van der Waals surface area contributed by atoms with Crippen LogP contribution in [0.5, 0.6) is 0 Å². The van der Waals surface area contributed by atoms with Crippen LogP contribution in [0.15, 0.2) is 90.1 Å². The maximum Gasteiger partial charge on any atom is 0.255 e. The summed E-state index contributed by atoms with van der Waals surface area (Å²) in [4.78, 5) is 15.0. The van der Waals surface area contributed by atoms with Crippen molar-refractivity contribution < 1.29 is 13.6 Å². The normalized spacial score (nSPS) is 16.2. The third kappa shape index (κ3) is 4.04. The number of para-hydroxylation sites is 2. The molecule has 0 fully saturated rings. The second kappa shape index (κ2) is 8.65. The van der Waals surface area contributed by atoms with Crippen molar-refractivity contribution in [2.45, 2.75) is 13.0 Å². The summed E-state index contributed by atoms with van der Waals surface area (Å²) in [6.45, 7) is 1.71. The first-order chi connectivity index (χ1) is 15.0. The first-order valence-corrected chi connectivity index (χ1v) is 10.0. The minimum absolute atomic E-state index is 0.172. The van der Waals surface area contributed by atoms with Gasteiger partial charge in [0.25, 0.3) is 5.91 Å². The number of anilines is 2. The Morgan fingerprint density at radius 1 is 0.935 bits per heavy atom. The fraction of sp³-hybridized carbons (Fsp3) is 0.0833. The van der Waals surface area contributed by atoms with E-state index in [4.69, 9.17) is 12.2 Å². The fourth-order valence-electron chi connectivity index (χ4n) is 3.65. The van der Waals surface area contributed by atoms with E-state index in [0.29, 0.717) is 11.4 Å². The minimum Gasteiger partial charge on any atom is -0.351 e. The highest BCUT2D eigenvalue weighted by molar-refractivity contribution is 7.80. The molecule has 0 saturated carbocycles. The van der Waals surface area contributed by atoms with Crippen LogP contribution in [0.3, 0.4) is 0 Å². The second-order valence-corrected chi connectivity index (χ2v) is 7.39. The number of hydrogen-bond acceptors (Lipinski definition) is 2. The largest absolute Gasteiger partial charge is 0.351 e. The molecular formula is C24H19F2N3OS. The lowest BCUT2D eigenvalue weighted by Gasteiger charge is -2.38. The zero-order valence-electron chi connectivity index (χ0n) is 16.6. The number of nitrogens with zero attached hydrogens (tertiary/aromatic N) is 1. The van der Waals surface area contributed by atoms with Gasteiger partial charge in [0.15, 0.2) is 5.11 Å². The molecule has 4 nitrogen and oxygen atoms in total. The monoisotopic (exact) mass is 435 g/mol. The van der Waals surface area contributed by atoms with Crippen LogP contribution in [0.25, 0.3) is 0 Å². The molecular weight excluding hydrogens is 416 g/mol. The molecule has 0 bridgehead atoms. The van der Waals surface area contributed by atoms with E-state index in [1.165, 1.54) is 6.07 Å². The van der Waals surface area contributed by atoms with Crippen LogP contribution >= 0.6 is 12.2 Å². The summed E-state index contributed by atoms with van der Waals surface area (Å²) in [7, 11) is 0. The van der Waals surface area contributed by atoms with E-state index < -0.39 is 23.6 Å². The van der Waals surface area contributed by atoms with E-state index in [1.54, 1.807) is 36.1 Å². The molecule has 2 N–H and O–H groups in total.